The van der Waals surface area contributed by atoms with Crippen LogP contribution < -0.4 is 13.6 Å². The van der Waals surface area contributed by atoms with Crippen LogP contribution in [-0.4, -0.2) is 39.2 Å². The van der Waals surface area contributed by atoms with Crippen molar-refractivity contribution in [3.8, 4) is 17.2 Å². The molecule has 0 aliphatic heterocycles. The normalized spacial score (nSPS) is 12.8. The standard InChI is InChI=1S/C54H81O9P/c1-49(2,3)37-28-34(22-25-43(55)58-19)29-38(50(4,5)6)46(37)61-64(62-47-39(51(7,8)9)30-35(23-26-44(56)59-20)31-40(47)52(10,11)12)63-48-41(53(13,14)15)32-36(24-27-45(57)60-21)33-42(48)54(16,17)18/h28-33H,22-27H2,1-21H3. The molecule has 9 nitrogen and oxygen atoms in total. The lowest BCUT2D eigenvalue weighted by Crippen LogP contribution is -2.24. The maximum atomic E-state index is 12.4. The minimum absolute atomic E-state index is 0.254. The predicted octanol–water partition coefficient (Wildman–Crippen LogP) is 13.6. The number of methoxy groups -OCH3 is 3. The fourth-order valence-corrected chi connectivity index (χ4v) is 8.61. The van der Waals surface area contributed by atoms with E-state index in [-0.39, 0.29) is 69.7 Å². The number of hydrogen-bond donors (Lipinski definition) is 0. The number of carbonyl (C=O) groups is 3. The van der Waals surface area contributed by atoms with Gasteiger partial charge in [0, 0.05) is 52.6 Å². The number of aryl methyl sites for hydroxylation is 3. The summed E-state index contributed by atoms with van der Waals surface area (Å²) in [4.78, 5) is 37.2. The van der Waals surface area contributed by atoms with Crippen LogP contribution in [0.1, 0.15) is 194 Å². The molecule has 0 aromatic heterocycles. The third-order valence-electron chi connectivity index (χ3n) is 11.3. The van der Waals surface area contributed by atoms with Crippen LogP contribution in [0.2, 0.25) is 0 Å². The third kappa shape index (κ3) is 14.7. The first-order chi connectivity index (χ1) is 29.1. The van der Waals surface area contributed by atoms with E-state index in [0.29, 0.717) is 36.5 Å². The molecule has 0 amide bonds. The zero-order chi connectivity index (χ0) is 49.0. The summed E-state index contributed by atoms with van der Waals surface area (Å²) in [7, 11) is 1.97. The summed E-state index contributed by atoms with van der Waals surface area (Å²) in [6.45, 7) is 39.0. The molecular weight excluding hydrogens is 824 g/mol. The van der Waals surface area contributed by atoms with Crippen molar-refractivity contribution < 1.29 is 42.2 Å². The number of rotatable bonds is 15. The Kier molecular flexibility index (Phi) is 17.5. The molecule has 10 heteroatoms. The Bertz CT molecular complexity index is 1780. The maximum Gasteiger partial charge on any atom is 0.530 e. The molecule has 0 spiro atoms. The minimum Gasteiger partial charge on any atom is -0.469 e. The first-order valence-electron chi connectivity index (χ1n) is 22.7. The van der Waals surface area contributed by atoms with Crippen LogP contribution in [0, 0.1) is 0 Å². The molecule has 0 saturated heterocycles. The first kappa shape index (κ1) is 54.2. The van der Waals surface area contributed by atoms with E-state index in [0.717, 1.165) is 50.1 Å². The summed E-state index contributed by atoms with van der Waals surface area (Å²) in [6, 6.07) is 12.9. The van der Waals surface area contributed by atoms with Gasteiger partial charge in [-0.3, -0.25) is 14.4 Å². The molecule has 3 aromatic carbocycles. The number of esters is 3. The van der Waals surface area contributed by atoms with Crippen LogP contribution in [0.4, 0.5) is 0 Å². The SMILES string of the molecule is COC(=O)CCc1cc(C(C)(C)C)c(OP(Oc2c(C(C)(C)C)cc(CCC(=O)OC)cc2C(C)(C)C)Oc2c(C(C)(C)C)cc(CCC(=O)OC)cc2C(C)(C)C)c(C(C)(C)C)c1. The second-order valence-corrected chi connectivity index (χ2v) is 24.3. The molecule has 0 saturated carbocycles. The molecule has 0 unspecified atom stereocenters. The van der Waals surface area contributed by atoms with E-state index in [1.807, 2.05) is 0 Å². The van der Waals surface area contributed by atoms with E-state index in [9.17, 15) is 14.4 Å². The zero-order valence-electron chi connectivity index (χ0n) is 43.3. The Hall–Kier alpha value is -4.10. The lowest BCUT2D eigenvalue weighted by Gasteiger charge is -2.35. The highest BCUT2D eigenvalue weighted by Crippen LogP contribution is 2.55. The Morgan fingerprint density at radius 1 is 0.359 bits per heavy atom. The van der Waals surface area contributed by atoms with Gasteiger partial charge < -0.3 is 27.8 Å². The first-order valence-corrected chi connectivity index (χ1v) is 23.8. The van der Waals surface area contributed by atoms with Crippen molar-refractivity contribution in [1.82, 2.24) is 0 Å². The molecule has 0 fully saturated rings. The van der Waals surface area contributed by atoms with E-state index >= 15 is 0 Å². The van der Waals surface area contributed by atoms with E-state index in [1.54, 1.807) is 0 Å². The highest BCUT2D eigenvalue weighted by molar-refractivity contribution is 7.43. The molecule has 3 rings (SSSR count). The van der Waals surface area contributed by atoms with Crippen molar-refractivity contribution in [2.45, 2.75) is 196 Å². The smallest absolute Gasteiger partial charge is 0.469 e. The average molecular weight is 905 g/mol. The molecule has 0 heterocycles. The summed E-state index contributed by atoms with van der Waals surface area (Å²) < 4.78 is 37.5. The largest absolute Gasteiger partial charge is 0.530 e. The second-order valence-electron chi connectivity index (χ2n) is 23.3. The van der Waals surface area contributed by atoms with E-state index in [1.165, 1.54) is 21.3 Å². The Morgan fingerprint density at radius 2 is 0.531 bits per heavy atom. The molecule has 0 aliphatic rings. The van der Waals surface area contributed by atoms with E-state index < -0.39 is 8.60 Å². The number of hydrogen-bond acceptors (Lipinski definition) is 9. The Labute approximate surface area is 388 Å². The van der Waals surface area contributed by atoms with E-state index in [2.05, 4.69) is 161 Å². The number of benzene rings is 3. The monoisotopic (exact) mass is 905 g/mol. The van der Waals surface area contributed by atoms with Gasteiger partial charge >= 0.3 is 26.5 Å². The molecule has 0 bridgehead atoms. The van der Waals surface area contributed by atoms with Gasteiger partial charge in [0.1, 0.15) is 17.2 Å². The summed E-state index contributed by atoms with van der Waals surface area (Å²) in [5.74, 6) is 1.26. The molecular formula is C54H81O9P. The average Bonchev–Trinajstić information content (AvgIpc) is 3.15. The highest BCUT2D eigenvalue weighted by Gasteiger charge is 2.38. The van der Waals surface area contributed by atoms with Gasteiger partial charge in [0.25, 0.3) is 0 Å². The topological polar surface area (TPSA) is 107 Å². The zero-order valence-corrected chi connectivity index (χ0v) is 44.2. The summed E-state index contributed by atoms with van der Waals surface area (Å²) in [5, 5.41) is 0. The van der Waals surface area contributed by atoms with Crippen molar-refractivity contribution >= 4 is 26.5 Å². The van der Waals surface area contributed by atoms with Gasteiger partial charge in [0.15, 0.2) is 0 Å². The lowest BCUT2D eigenvalue weighted by molar-refractivity contribution is -0.141. The molecule has 356 valence electrons. The van der Waals surface area contributed by atoms with E-state index in [4.69, 9.17) is 27.8 Å². The van der Waals surface area contributed by atoms with Crippen LogP contribution in [0.5, 0.6) is 17.2 Å². The van der Waals surface area contributed by atoms with Crippen LogP contribution >= 0.6 is 8.60 Å². The lowest BCUT2D eigenvalue weighted by atomic mass is 9.78. The van der Waals surface area contributed by atoms with Crippen molar-refractivity contribution in [2.75, 3.05) is 21.3 Å². The Morgan fingerprint density at radius 3 is 0.672 bits per heavy atom. The van der Waals surface area contributed by atoms with Gasteiger partial charge in [0.05, 0.1) is 21.3 Å². The van der Waals surface area contributed by atoms with Gasteiger partial charge in [-0.25, -0.2) is 0 Å². The quantitative estimate of drug-likeness (QED) is 0.0837. The molecule has 0 aliphatic carbocycles. The van der Waals surface area contributed by atoms with Gasteiger partial charge in [-0.1, -0.05) is 161 Å². The van der Waals surface area contributed by atoms with Crippen molar-refractivity contribution in [2.24, 2.45) is 0 Å². The summed E-state index contributed by atoms with van der Waals surface area (Å²) >= 11 is 0. The fraction of sp³-hybridized carbons (Fsp3) is 0.611. The van der Waals surface area contributed by atoms with Gasteiger partial charge in [-0.15, -0.1) is 0 Å². The number of carbonyl (C=O) groups excluding carboxylic acids is 3. The van der Waals surface area contributed by atoms with Crippen LogP contribution in [0.25, 0.3) is 0 Å². The number of ether oxygens (including phenoxy) is 3. The molecule has 64 heavy (non-hydrogen) atoms. The summed E-state index contributed by atoms with van der Waals surface area (Å²) in [5.41, 5.74) is 6.51. The van der Waals surface area contributed by atoms with Crippen LogP contribution in [0.3, 0.4) is 0 Å². The Balaban J connectivity index is 2.57. The fourth-order valence-electron chi connectivity index (χ4n) is 7.46. The van der Waals surface area contributed by atoms with Gasteiger partial charge in [-0.2, -0.15) is 0 Å². The van der Waals surface area contributed by atoms with Crippen molar-refractivity contribution in [1.29, 1.82) is 0 Å². The third-order valence-corrected chi connectivity index (χ3v) is 12.3. The highest BCUT2D eigenvalue weighted by atomic mass is 31.2. The molecule has 0 N–H and O–H groups in total. The summed E-state index contributed by atoms with van der Waals surface area (Å²) in [6.07, 6.45) is 2.30. The van der Waals surface area contributed by atoms with Crippen LogP contribution in [-0.2, 0) is 80.3 Å². The molecule has 0 radical (unpaired) electrons. The van der Waals surface area contributed by atoms with Gasteiger partial charge in [0.2, 0.25) is 0 Å². The maximum absolute atomic E-state index is 12.4. The minimum atomic E-state index is -2.28. The second kappa shape index (κ2) is 20.6. The van der Waals surface area contributed by atoms with Gasteiger partial charge in [-0.05, 0) is 68.4 Å². The van der Waals surface area contributed by atoms with Crippen molar-refractivity contribution in [3.63, 3.8) is 0 Å². The molecule has 0 atom stereocenters. The van der Waals surface area contributed by atoms with Crippen LogP contribution in [0.15, 0.2) is 36.4 Å². The predicted molar refractivity (Wildman–Crippen MR) is 261 cm³/mol. The van der Waals surface area contributed by atoms with Crippen molar-refractivity contribution in [3.05, 3.63) is 86.5 Å². The molecule has 3 aromatic rings.